The lowest BCUT2D eigenvalue weighted by molar-refractivity contribution is -0.192. The first-order chi connectivity index (χ1) is 16.4. The number of likely N-dealkylation sites (tertiary alicyclic amines) is 1. The maximum absolute atomic E-state index is 14.2. The van der Waals surface area contributed by atoms with Gasteiger partial charge in [0.15, 0.2) is 0 Å². The van der Waals surface area contributed by atoms with Gasteiger partial charge >= 0.3 is 18.1 Å². The highest BCUT2D eigenvalue weighted by atomic mass is 35.5. The first-order valence-electron chi connectivity index (χ1n) is 10.9. The van der Waals surface area contributed by atoms with E-state index in [1.165, 1.54) is 6.07 Å². The highest BCUT2D eigenvalue weighted by molar-refractivity contribution is 6.30. The summed E-state index contributed by atoms with van der Waals surface area (Å²) in [5, 5.41) is 17.0. The largest absolute Gasteiger partial charge is 0.490 e. The van der Waals surface area contributed by atoms with E-state index in [1.54, 1.807) is 6.07 Å². The number of rotatable bonds is 6. The molecule has 0 spiro atoms. The van der Waals surface area contributed by atoms with E-state index >= 15 is 0 Å². The molecule has 0 bridgehead atoms. The number of benzene rings is 2. The molecule has 2 aliphatic rings. The van der Waals surface area contributed by atoms with Gasteiger partial charge in [-0.3, -0.25) is 4.90 Å². The molecule has 1 saturated carbocycles. The molecule has 0 amide bonds. The highest BCUT2D eigenvalue weighted by Gasteiger charge is 2.38. The summed E-state index contributed by atoms with van der Waals surface area (Å²) in [5.41, 5.74) is 1.70. The molecule has 1 aliphatic carbocycles. The SMILES string of the molecule is O=C(O)C(F)(F)F.O=C(O)c1cc(C2CC2)c(CN2CCC(Oc3ccc(Cl)cc3)CC2)cc1F. The van der Waals surface area contributed by atoms with Gasteiger partial charge in [-0.15, -0.1) is 0 Å². The average molecular weight is 518 g/mol. The van der Waals surface area contributed by atoms with E-state index in [4.69, 9.17) is 26.2 Å². The van der Waals surface area contributed by atoms with E-state index in [0.717, 1.165) is 55.6 Å². The van der Waals surface area contributed by atoms with Crippen molar-refractivity contribution in [2.75, 3.05) is 13.1 Å². The van der Waals surface area contributed by atoms with E-state index in [-0.39, 0.29) is 11.7 Å². The molecule has 2 aromatic carbocycles. The van der Waals surface area contributed by atoms with Gasteiger partial charge in [0.1, 0.15) is 17.7 Å². The second-order valence-corrected chi connectivity index (χ2v) is 8.90. The summed E-state index contributed by atoms with van der Waals surface area (Å²) in [7, 11) is 0. The van der Waals surface area contributed by atoms with Crippen LogP contribution in [0.4, 0.5) is 17.6 Å². The first kappa shape index (κ1) is 26.7. The van der Waals surface area contributed by atoms with E-state index < -0.39 is 23.9 Å². The van der Waals surface area contributed by atoms with Crippen LogP contribution in [0.5, 0.6) is 5.75 Å². The molecule has 1 heterocycles. The number of halogens is 5. The van der Waals surface area contributed by atoms with Gasteiger partial charge in [0.25, 0.3) is 0 Å². The van der Waals surface area contributed by atoms with Crippen LogP contribution in [0.3, 0.4) is 0 Å². The zero-order valence-electron chi connectivity index (χ0n) is 18.5. The minimum atomic E-state index is -5.08. The summed E-state index contributed by atoms with van der Waals surface area (Å²) < 4.78 is 52.0. The minimum absolute atomic E-state index is 0.159. The molecule has 11 heteroatoms. The number of aromatic carboxylic acids is 1. The van der Waals surface area contributed by atoms with Crippen molar-refractivity contribution in [3.8, 4) is 5.75 Å². The summed E-state index contributed by atoms with van der Waals surface area (Å²) in [6.45, 7) is 2.38. The van der Waals surface area contributed by atoms with Crippen LogP contribution in [0.25, 0.3) is 0 Å². The Morgan fingerprint density at radius 2 is 1.60 bits per heavy atom. The number of piperidine rings is 1. The van der Waals surface area contributed by atoms with Crippen molar-refractivity contribution in [3.63, 3.8) is 0 Å². The van der Waals surface area contributed by atoms with E-state index in [1.807, 2.05) is 24.3 Å². The Kier molecular flexibility index (Phi) is 8.60. The lowest BCUT2D eigenvalue weighted by Gasteiger charge is -2.32. The fourth-order valence-electron chi connectivity index (χ4n) is 3.84. The van der Waals surface area contributed by atoms with Crippen LogP contribution >= 0.6 is 11.6 Å². The Morgan fingerprint density at radius 3 is 2.09 bits per heavy atom. The lowest BCUT2D eigenvalue weighted by Crippen LogP contribution is -2.38. The molecule has 1 saturated heterocycles. The molecular formula is C24H24ClF4NO5. The Bertz CT molecular complexity index is 1050. The third-order valence-corrected chi connectivity index (χ3v) is 6.02. The smallest absolute Gasteiger partial charge is 0.490 e. The lowest BCUT2D eigenvalue weighted by atomic mass is 9.98. The number of carboxylic acid groups (broad SMARTS) is 2. The van der Waals surface area contributed by atoms with Crippen LogP contribution < -0.4 is 4.74 Å². The van der Waals surface area contributed by atoms with Gasteiger partial charge in [0.2, 0.25) is 0 Å². The number of nitrogens with zero attached hydrogens (tertiary/aromatic N) is 1. The molecular weight excluding hydrogens is 494 g/mol. The van der Waals surface area contributed by atoms with E-state index in [2.05, 4.69) is 4.90 Å². The topological polar surface area (TPSA) is 87.1 Å². The van der Waals surface area contributed by atoms with Gasteiger partial charge in [-0.05, 0) is 79.1 Å². The molecule has 0 atom stereocenters. The number of alkyl halides is 3. The molecule has 0 aromatic heterocycles. The molecule has 2 N–H and O–H groups in total. The molecule has 0 unspecified atom stereocenters. The molecule has 1 aliphatic heterocycles. The third-order valence-electron chi connectivity index (χ3n) is 5.76. The van der Waals surface area contributed by atoms with Gasteiger partial charge in [-0.25, -0.2) is 14.0 Å². The normalized spacial score (nSPS) is 16.8. The first-order valence-corrected chi connectivity index (χ1v) is 11.3. The van der Waals surface area contributed by atoms with Crippen molar-refractivity contribution in [1.29, 1.82) is 0 Å². The monoisotopic (exact) mass is 517 g/mol. The van der Waals surface area contributed by atoms with Crippen molar-refractivity contribution in [3.05, 3.63) is 63.9 Å². The molecule has 2 aromatic rings. The van der Waals surface area contributed by atoms with Crippen LogP contribution in [-0.4, -0.2) is 52.4 Å². The third kappa shape index (κ3) is 7.83. The van der Waals surface area contributed by atoms with Gasteiger partial charge in [0, 0.05) is 24.7 Å². The van der Waals surface area contributed by atoms with Crippen LogP contribution in [0.1, 0.15) is 53.1 Å². The zero-order valence-corrected chi connectivity index (χ0v) is 19.3. The standard InChI is InChI=1S/C22H23ClFNO3.C2HF3O2/c23-16-3-5-17(6-4-16)28-18-7-9-25(10-8-18)13-15-11-21(24)20(22(26)27)12-19(15)14-1-2-14;3-2(4,5)1(6)7/h3-6,11-12,14,18H,1-2,7-10,13H2,(H,26,27);(H,6,7). The molecule has 35 heavy (non-hydrogen) atoms. The predicted octanol–water partition coefficient (Wildman–Crippen LogP) is 5.73. The van der Waals surface area contributed by atoms with Crippen molar-refractivity contribution >= 4 is 23.5 Å². The van der Waals surface area contributed by atoms with Crippen LogP contribution in [0.2, 0.25) is 5.02 Å². The van der Waals surface area contributed by atoms with E-state index in [9.17, 15) is 27.5 Å². The average Bonchev–Trinajstić information content (AvgIpc) is 3.62. The molecule has 0 radical (unpaired) electrons. The number of ether oxygens (including phenoxy) is 1. The number of aliphatic carboxylic acids is 1. The van der Waals surface area contributed by atoms with E-state index in [0.29, 0.717) is 17.5 Å². The number of carboxylic acids is 2. The Morgan fingerprint density at radius 1 is 1.03 bits per heavy atom. The van der Waals surface area contributed by atoms with Crippen molar-refractivity contribution in [2.24, 2.45) is 0 Å². The van der Waals surface area contributed by atoms with Gasteiger partial charge in [0.05, 0.1) is 5.56 Å². The minimum Gasteiger partial charge on any atom is -0.490 e. The Labute approximate surface area is 204 Å². The maximum Gasteiger partial charge on any atom is 0.490 e. The van der Waals surface area contributed by atoms with Gasteiger partial charge in [-0.1, -0.05) is 11.6 Å². The summed E-state index contributed by atoms with van der Waals surface area (Å²) in [6, 6.07) is 10.4. The van der Waals surface area contributed by atoms with Crippen LogP contribution in [-0.2, 0) is 11.3 Å². The summed E-state index contributed by atoms with van der Waals surface area (Å²) in [5.74, 6) is -3.41. The Hall–Kier alpha value is -2.85. The molecule has 190 valence electrons. The Balaban J connectivity index is 0.000000429. The van der Waals surface area contributed by atoms with Gasteiger partial charge < -0.3 is 14.9 Å². The fourth-order valence-corrected chi connectivity index (χ4v) is 3.96. The summed E-state index contributed by atoms with van der Waals surface area (Å²) in [4.78, 5) is 22.4. The number of hydrogen-bond donors (Lipinski definition) is 2. The van der Waals surface area contributed by atoms with Crippen molar-refractivity contribution in [1.82, 2.24) is 4.90 Å². The number of hydrogen-bond acceptors (Lipinski definition) is 4. The highest BCUT2D eigenvalue weighted by Crippen LogP contribution is 2.43. The zero-order chi connectivity index (χ0) is 25.8. The predicted molar refractivity (Wildman–Crippen MR) is 119 cm³/mol. The maximum atomic E-state index is 14.2. The second kappa shape index (κ2) is 11.3. The summed E-state index contributed by atoms with van der Waals surface area (Å²) in [6.07, 6.45) is -1.02. The second-order valence-electron chi connectivity index (χ2n) is 8.46. The van der Waals surface area contributed by atoms with Crippen molar-refractivity contribution < 1.29 is 42.1 Å². The van der Waals surface area contributed by atoms with Crippen LogP contribution in [0.15, 0.2) is 36.4 Å². The summed E-state index contributed by atoms with van der Waals surface area (Å²) >= 11 is 5.91. The van der Waals surface area contributed by atoms with Gasteiger partial charge in [-0.2, -0.15) is 13.2 Å². The van der Waals surface area contributed by atoms with Crippen molar-refractivity contribution in [2.45, 2.75) is 50.4 Å². The quantitative estimate of drug-likeness (QED) is 0.476. The molecule has 4 rings (SSSR count). The number of carbonyl (C=O) groups is 2. The van der Waals surface area contributed by atoms with Crippen LogP contribution in [0, 0.1) is 5.82 Å². The molecule has 2 fully saturated rings. The fraction of sp³-hybridized carbons (Fsp3) is 0.417. The molecule has 6 nitrogen and oxygen atoms in total.